The molecule has 110 valence electrons. The molecule has 1 heterocycles. The number of ether oxygens (including phenoxy) is 1. The van der Waals surface area contributed by atoms with E-state index in [0.29, 0.717) is 12.5 Å². The molecule has 0 spiro atoms. The van der Waals surface area contributed by atoms with Gasteiger partial charge in [-0.15, -0.1) is 0 Å². The highest BCUT2D eigenvalue weighted by Gasteiger charge is 2.18. The molecule has 1 aromatic carbocycles. The highest BCUT2D eigenvalue weighted by Crippen LogP contribution is 2.23. The van der Waals surface area contributed by atoms with Gasteiger partial charge >= 0.3 is 0 Å². The van der Waals surface area contributed by atoms with E-state index in [9.17, 15) is 0 Å². The van der Waals surface area contributed by atoms with Gasteiger partial charge in [-0.25, -0.2) is 4.98 Å². The van der Waals surface area contributed by atoms with Crippen LogP contribution in [0.3, 0.4) is 0 Å². The second kappa shape index (κ2) is 6.85. The molecular weight excluding hydrogens is 328 g/mol. The van der Waals surface area contributed by atoms with Gasteiger partial charge in [-0.3, -0.25) is 0 Å². The summed E-state index contributed by atoms with van der Waals surface area (Å²) in [4.78, 5) is 8.84. The molecule has 0 radical (unpaired) electrons. The van der Waals surface area contributed by atoms with Crippen LogP contribution >= 0.6 is 15.9 Å². The quantitative estimate of drug-likeness (QED) is 0.757. The van der Waals surface area contributed by atoms with E-state index in [4.69, 9.17) is 4.74 Å². The number of nitrogens with zero attached hydrogens (tertiary/aromatic N) is 2. The molecule has 0 aliphatic heterocycles. The second-order valence-corrected chi connectivity index (χ2v) is 6.54. The molecular formula is C17H19BrN2O. The molecule has 21 heavy (non-hydrogen) atoms. The van der Waals surface area contributed by atoms with Gasteiger partial charge in [0.1, 0.15) is 17.0 Å². The molecule has 0 aliphatic carbocycles. The first-order chi connectivity index (χ1) is 9.95. The average Bonchev–Trinajstić information content (AvgIpc) is 2.43. The van der Waals surface area contributed by atoms with Crippen molar-refractivity contribution in [3.63, 3.8) is 0 Å². The van der Waals surface area contributed by atoms with E-state index >= 15 is 0 Å². The Labute approximate surface area is 134 Å². The van der Waals surface area contributed by atoms with Crippen molar-refractivity contribution in [1.29, 1.82) is 0 Å². The third-order valence-electron chi connectivity index (χ3n) is 2.78. The summed E-state index contributed by atoms with van der Waals surface area (Å²) in [6, 6.07) is 11.9. The molecule has 4 heteroatoms. The lowest BCUT2D eigenvalue weighted by atomic mass is 9.96. The molecule has 3 nitrogen and oxygen atoms in total. The second-order valence-electron chi connectivity index (χ2n) is 5.73. The number of halogens is 1. The summed E-state index contributed by atoms with van der Waals surface area (Å²) < 4.78 is 6.42. The summed E-state index contributed by atoms with van der Waals surface area (Å²) >= 11 is 3.40. The zero-order valence-corrected chi connectivity index (χ0v) is 14.1. The third-order valence-corrected chi connectivity index (χ3v) is 3.19. The molecule has 0 fully saturated rings. The topological polar surface area (TPSA) is 35.0 Å². The van der Waals surface area contributed by atoms with Crippen molar-refractivity contribution in [2.45, 2.75) is 26.2 Å². The number of benzene rings is 1. The fourth-order valence-electron chi connectivity index (χ4n) is 1.69. The normalized spacial score (nSPS) is 11.8. The Hall–Kier alpha value is -1.68. The van der Waals surface area contributed by atoms with Crippen molar-refractivity contribution in [3.05, 3.63) is 58.5 Å². The predicted molar refractivity (Wildman–Crippen MR) is 89.4 cm³/mol. The standard InChI is InChI=1S/C17H19BrN2O/c1-17(2,3)16-19-14(18)12-15(20-16)21-11-7-10-13-8-5-4-6-9-13/h4-10,12H,11H2,1-3H3/b10-7+. The van der Waals surface area contributed by atoms with Crippen LogP contribution in [0.2, 0.25) is 0 Å². The van der Waals surface area contributed by atoms with Crippen molar-refractivity contribution in [3.8, 4) is 5.88 Å². The monoisotopic (exact) mass is 346 g/mol. The number of hydrogen-bond donors (Lipinski definition) is 0. The average molecular weight is 347 g/mol. The number of hydrogen-bond acceptors (Lipinski definition) is 3. The Morgan fingerprint density at radius 2 is 1.86 bits per heavy atom. The van der Waals surface area contributed by atoms with E-state index in [2.05, 4.69) is 58.8 Å². The van der Waals surface area contributed by atoms with Crippen LogP contribution in [-0.4, -0.2) is 16.6 Å². The SMILES string of the molecule is CC(C)(C)c1nc(Br)cc(OC/C=C/c2ccccc2)n1. The number of aromatic nitrogens is 2. The summed E-state index contributed by atoms with van der Waals surface area (Å²) in [5.41, 5.74) is 1.04. The molecule has 0 saturated carbocycles. The maximum absolute atomic E-state index is 5.68. The fraction of sp³-hybridized carbons (Fsp3) is 0.294. The van der Waals surface area contributed by atoms with Gasteiger partial charge in [-0.1, -0.05) is 57.2 Å². The molecule has 0 bridgehead atoms. The summed E-state index contributed by atoms with van der Waals surface area (Å²) in [6.07, 6.45) is 4.00. The van der Waals surface area contributed by atoms with Crippen LogP contribution in [-0.2, 0) is 5.41 Å². The minimum absolute atomic E-state index is 0.109. The highest BCUT2D eigenvalue weighted by molar-refractivity contribution is 9.10. The van der Waals surface area contributed by atoms with E-state index < -0.39 is 0 Å². The summed E-state index contributed by atoms with van der Waals surface area (Å²) in [5.74, 6) is 1.35. The molecule has 0 amide bonds. The maximum atomic E-state index is 5.68. The van der Waals surface area contributed by atoms with Crippen LogP contribution < -0.4 is 4.74 Å². The highest BCUT2D eigenvalue weighted by atomic mass is 79.9. The van der Waals surface area contributed by atoms with Crippen LogP contribution in [0.4, 0.5) is 0 Å². The van der Waals surface area contributed by atoms with E-state index in [1.807, 2.05) is 30.4 Å². The number of rotatable bonds is 4. The lowest BCUT2D eigenvalue weighted by Gasteiger charge is -2.17. The third kappa shape index (κ3) is 4.97. The van der Waals surface area contributed by atoms with Crippen molar-refractivity contribution in [2.24, 2.45) is 0 Å². The molecule has 0 saturated heterocycles. The van der Waals surface area contributed by atoms with Crippen LogP contribution in [0.25, 0.3) is 6.08 Å². The molecule has 0 N–H and O–H groups in total. The maximum Gasteiger partial charge on any atom is 0.218 e. The van der Waals surface area contributed by atoms with Crippen LogP contribution in [0.1, 0.15) is 32.2 Å². The summed E-state index contributed by atoms with van der Waals surface area (Å²) in [5, 5.41) is 0. The Kier molecular flexibility index (Phi) is 5.12. The molecule has 0 atom stereocenters. The molecule has 0 aliphatic rings. The van der Waals surface area contributed by atoms with E-state index in [0.717, 1.165) is 16.0 Å². The zero-order valence-electron chi connectivity index (χ0n) is 12.5. The van der Waals surface area contributed by atoms with Crippen molar-refractivity contribution in [2.75, 3.05) is 6.61 Å². The first-order valence-electron chi connectivity index (χ1n) is 6.84. The minimum atomic E-state index is -0.109. The summed E-state index contributed by atoms with van der Waals surface area (Å²) in [6.45, 7) is 6.71. The molecule has 2 rings (SSSR count). The van der Waals surface area contributed by atoms with Crippen LogP contribution in [0.5, 0.6) is 5.88 Å². The predicted octanol–water partition coefficient (Wildman–Crippen LogP) is 4.63. The first kappa shape index (κ1) is 15.7. The van der Waals surface area contributed by atoms with Gasteiger partial charge in [0.15, 0.2) is 0 Å². The zero-order chi connectivity index (χ0) is 15.3. The first-order valence-corrected chi connectivity index (χ1v) is 7.64. The summed E-state index contributed by atoms with van der Waals surface area (Å²) in [7, 11) is 0. The van der Waals surface area contributed by atoms with Crippen LogP contribution in [0, 0.1) is 0 Å². The van der Waals surface area contributed by atoms with E-state index in [1.165, 1.54) is 0 Å². The van der Waals surface area contributed by atoms with Crippen molar-refractivity contribution < 1.29 is 4.74 Å². The van der Waals surface area contributed by atoms with Gasteiger partial charge in [0, 0.05) is 11.5 Å². The molecule has 2 aromatic rings. The van der Waals surface area contributed by atoms with E-state index in [-0.39, 0.29) is 5.41 Å². The Bertz CT molecular complexity index is 618. The lowest BCUT2D eigenvalue weighted by Crippen LogP contribution is -2.16. The van der Waals surface area contributed by atoms with Gasteiger partial charge in [0.05, 0.1) is 0 Å². The smallest absolute Gasteiger partial charge is 0.218 e. The van der Waals surface area contributed by atoms with Crippen molar-refractivity contribution >= 4 is 22.0 Å². The minimum Gasteiger partial charge on any atom is -0.473 e. The fourth-order valence-corrected chi connectivity index (χ4v) is 2.05. The van der Waals surface area contributed by atoms with Gasteiger partial charge in [0.25, 0.3) is 0 Å². The van der Waals surface area contributed by atoms with Gasteiger partial charge < -0.3 is 4.74 Å². The lowest BCUT2D eigenvalue weighted by molar-refractivity contribution is 0.342. The van der Waals surface area contributed by atoms with Crippen molar-refractivity contribution in [1.82, 2.24) is 9.97 Å². The van der Waals surface area contributed by atoms with Gasteiger partial charge in [0.2, 0.25) is 5.88 Å². The Balaban J connectivity index is 2.00. The Morgan fingerprint density at radius 3 is 2.52 bits per heavy atom. The van der Waals surface area contributed by atoms with Crippen LogP contribution in [0.15, 0.2) is 47.1 Å². The Morgan fingerprint density at radius 1 is 1.14 bits per heavy atom. The van der Waals surface area contributed by atoms with Gasteiger partial charge in [-0.2, -0.15) is 4.98 Å². The molecule has 1 aromatic heterocycles. The largest absolute Gasteiger partial charge is 0.473 e. The molecule has 0 unspecified atom stereocenters. The van der Waals surface area contributed by atoms with Gasteiger partial charge in [-0.05, 0) is 27.6 Å². The van der Waals surface area contributed by atoms with E-state index in [1.54, 1.807) is 6.07 Å².